The molecule has 2 amide bonds. The minimum atomic E-state index is -3.81. The second kappa shape index (κ2) is 11.8. The minimum Gasteiger partial charge on any atom is -0.494 e. The van der Waals surface area contributed by atoms with Gasteiger partial charge in [-0.1, -0.05) is 13.8 Å². The van der Waals surface area contributed by atoms with Gasteiger partial charge in [-0.2, -0.15) is 0 Å². The van der Waals surface area contributed by atoms with Crippen molar-refractivity contribution in [3.05, 3.63) is 48.0 Å². The number of hydrogen-bond acceptors (Lipinski definition) is 6. The molecule has 2 rings (SSSR count). The summed E-state index contributed by atoms with van der Waals surface area (Å²) in [6.07, 6.45) is 0. The monoisotopic (exact) mass is 491 g/mol. The van der Waals surface area contributed by atoms with Crippen LogP contribution in [0.4, 0.5) is 5.69 Å². The summed E-state index contributed by atoms with van der Waals surface area (Å²) in [4.78, 5) is 25.7. The fourth-order valence-corrected chi connectivity index (χ4v) is 4.16. The zero-order valence-corrected chi connectivity index (χ0v) is 21.2. The molecule has 2 N–H and O–H groups in total. The topological polar surface area (TPSA) is 114 Å². The van der Waals surface area contributed by atoms with Crippen molar-refractivity contribution in [1.29, 1.82) is 0 Å². The van der Waals surface area contributed by atoms with Crippen LogP contribution in [0, 0.1) is 5.92 Å². The quantitative estimate of drug-likeness (QED) is 0.499. The SMILES string of the molecule is CCOc1ccc(C(=O)N[C@H](C(=O)Nc2ccc(OCC)c(S(=O)(=O)N(C)C)c2)C(C)C)cc1. The van der Waals surface area contributed by atoms with Crippen LogP contribution in [-0.4, -0.2) is 57.9 Å². The first-order valence-corrected chi connectivity index (χ1v) is 12.5. The molecule has 186 valence electrons. The van der Waals surface area contributed by atoms with Gasteiger partial charge in [0.25, 0.3) is 5.91 Å². The van der Waals surface area contributed by atoms with Gasteiger partial charge < -0.3 is 20.1 Å². The molecule has 2 aromatic rings. The number of amides is 2. The van der Waals surface area contributed by atoms with Crippen LogP contribution in [0.25, 0.3) is 0 Å². The summed E-state index contributed by atoms with van der Waals surface area (Å²) in [5.41, 5.74) is 0.664. The van der Waals surface area contributed by atoms with E-state index in [1.54, 1.807) is 37.3 Å². The summed E-state index contributed by atoms with van der Waals surface area (Å²) in [6, 6.07) is 10.2. The number of benzene rings is 2. The fourth-order valence-electron chi connectivity index (χ4n) is 3.11. The molecule has 10 heteroatoms. The van der Waals surface area contributed by atoms with Crippen molar-refractivity contribution in [2.75, 3.05) is 32.6 Å². The van der Waals surface area contributed by atoms with Gasteiger partial charge >= 0.3 is 0 Å². The molecule has 34 heavy (non-hydrogen) atoms. The van der Waals surface area contributed by atoms with Crippen molar-refractivity contribution in [3.63, 3.8) is 0 Å². The molecule has 2 aromatic carbocycles. The molecule has 1 atom stereocenters. The Morgan fingerprint density at radius 1 is 0.971 bits per heavy atom. The highest BCUT2D eigenvalue weighted by Gasteiger charge is 2.27. The predicted molar refractivity (Wildman–Crippen MR) is 131 cm³/mol. The van der Waals surface area contributed by atoms with E-state index in [1.807, 2.05) is 20.8 Å². The number of sulfonamides is 1. The van der Waals surface area contributed by atoms with Crippen LogP contribution in [0.5, 0.6) is 11.5 Å². The van der Waals surface area contributed by atoms with E-state index in [1.165, 1.54) is 26.2 Å². The van der Waals surface area contributed by atoms with Crippen LogP contribution in [0.15, 0.2) is 47.4 Å². The van der Waals surface area contributed by atoms with Crippen molar-refractivity contribution in [1.82, 2.24) is 9.62 Å². The highest BCUT2D eigenvalue weighted by Crippen LogP contribution is 2.29. The lowest BCUT2D eigenvalue weighted by Crippen LogP contribution is -2.47. The van der Waals surface area contributed by atoms with Crippen LogP contribution in [0.2, 0.25) is 0 Å². The number of hydrogen-bond donors (Lipinski definition) is 2. The van der Waals surface area contributed by atoms with E-state index in [0.29, 0.717) is 17.9 Å². The number of carbonyl (C=O) groups is 2. The minimum absolute atomic E-state index is 0.0586. The van der Waals surface area contributed by atoms with Crippen LogP contribution < -0.4 is 20.1 Å². The molecule has 9 nitrogen and oxygen atoms in total. The van der Waals surface area contributed by atoms with E-state index in [4.69, 9.17) is 9.47 Å². The van der Waals surface area contributed by atoms with Gasteiger partial charge in [0.1, 0.15) is 22.4 Å². The zero-order valence-electron chi connectivity index (χ0n) is 20.4. The van der Waals surface area contributed by atoms with Gasteiger partial charge in [-0.3, -0.25) is 9.59 Å². The maximum atomic E-state index is 13.0. The van der Waals surface area contributed by atoms with Gasteiger partial charge in [0.05, 0.1) is 13.2 Å². The third-order valence-electron chi connectivity index (χ3n) is 4.93. The molecule has 0 spiro atoms. The Balaban J connectivity index is 2.24. The molecule has 0 aliphatic carbocycles. The average Bonchev–Trinajstić information content (AvgIpc) is 2.78. The molecule has 0 radical (unpaired) electrons. The molecule has 0 saturated carbocycles. The number of rotatable bonds is 11. The first-order chi connectivity index (χ1) is 16.0. The molecular weight excluding hydrogens is 458 g/mol. The number of carbonyl (C=O) groups excluding carboxylic acids is 2. The van der Waals surface area contributed by atoms with Crippen LogP contribution >= 0.6 is 0 Å². The molecule has 0 aliphatic heterocycles. The van der Waals surface area contributed by atoms with Crippen molar-refractivity contribution in [2.45, 2.75) is 38.6 Å². The summed E-state index contributed by atoms with van der Waals surface area (Å²) in [7, 11) is -0.974. The van der Waals surface area contributed by atoms with Crippen LogP contribution in [-0.2, 0) is 14.8 Å². The van der Waals surface area contributed by atoms with Crippen molar-refractivity contribution >= 4 is 27.5 Å². The highest BCUT2D eigenvalue weighted by molar-refractivity contribution is 7.89. The number of nitrogens with zero attached hydrogens (tertiary/aromatic N) is 1. The summed E-state index contributed by atoms with van der Waals surface area (Å²) >= 11 is 0. The summed E-state index contributed by atoms with van der Waals surface area (Å²) < 4.78 is 37.4. The molecule has 0 aliphatic rings. The Bertz CT molecular complexity index is 1100. The van der Waals surface area contributed by atoms with E-state index >= 15 is 0 Å². The third kappa shape index (κ3) is 6.71. The Labute approximate surface area is 201 Å². The van der Waals surface area contributed by atoms with Crippen LogP contribution in [0.1, 0.15) is 38.1 Å². The Hall–Kier alpha value is -3.11. The smallest absolute Gasteiger partial charge is 0.251 e. The van der Waals surface area contributed by atoms with Gasteiger partial charge in [-0.15, -0.1) is 0 Å². The Kier molecular flexibility index (Phi) is 9.46. The molecule has 0 fully saturated rings. The maximum absolute atomic E-state index is 13.0. The lowest BCUT2D eigenvalue weighted by molar-refractivity contribution is -0.118. The van der Waals surface area contributed by atoms with E-state index < -0.39 is 27.9 Å². The Morgan fingerprint density at radius 2 is 1.59 bits per heavy atom. The number of nitrogens with one attached hydrogen (secondary N) is 2. The second-order valence-corrected chi connectivity index (χ2v) is 10.1. The van der Waals surface area contributed by atoms with E-state index in [9.17, 15) is 18.0 Å². The fraction of sp³-hybridized carbons (Fsp3) is 0.417. The van der Waals surface area contributed by atoms with Gasteiger partial charge in [0, 0.05) is 25.3 Å². The molecule has 0 bridgehead atoms. The maximum Gasteiger partial charge on any atom is 0.251 e. The van der Waals surface area contributed by atoms with Crippen molar-refractivity contribution < 1.29 is 27.5 Å². The van der Waals surface area contributed by atoms with Gasteiger partial charge in [-0.05, 0) is 62.2 Å². The first-order valence-electron chi connectivity index (χ1n) is 11.0. The zero-order chi connectivity index (χ0) is 25.5. The van der Waals surface area contributed by atoms with Crippen molar-refractivity contribution in [2.24, 2.45) is 5.92 Å². The number of anilines is 1. The summed E-state index contributed by atoms with van der Waals surface area (Å²) in [5, 5.41) is 5.47. The second-order valence-electron chi connectivity index (χ2n) is 8.02. The normalized spacial score (nSPS) is 12.4. The first kappa shape index (κ1) is 27.1. The third-order valence-corrected chi connectivity index (χ3v) is 6.77. The van der Waals surface area contributed by atoms with Gasteiger partial charge in [-0.25, -0.2) is 12.7 Å². The lowest BCUT2D eigenvalue weighted by Gasteiger charge is -2.22. The molecular formula is C24H33N3O6S. The Morgan fingerprint density at radius 3 is 2.12 bits per heavy atom. The predicted octanol–water partition coefficient (Wildman–Crippen LogP) is 3.13. The van der Waals surface area contributed by atoms with Gasteiger partial charge in [0.15, 0.2) is 0 Å². The molecule has 0 aromatic heterocycles. The molecule has 0 saturated heterocycles. The standard InChI is InChI=1S/C24H33N3O6S/c1-7-32-19-12-9-17(10-13-19)23(28)26-22(16(3)4)24(29)25-18-11-14-20(33-8-2)21(15-18)34(30,31)27(5)6/h9-16,22H,7-8H2,1-6H3,(H,25,29)(H,26,28)/t22-/m0/s1. The van der Waals surface area contributed by atoms with E-state index in [0.717, 1.165) is 4.31 Å². The summed E-state index contributed by atoms with van der Waals surface area (Å²) in [6.45, 7) is 8.04. The largest absolute Gasteiger partial charge is 0.494 e. The van der Waals surface area contributed by atoms with E-state index in [-0.39, 0.29) is 28.9 Å². The van der Waals surface area contributed by atoms with Crippen LogP contribution in [0.3, 0.4) is 0 Å². The number of ether oxygens (including phenoxy) is 2. The van der Waals surface area contributed by atoms with E-state index in [2.05, 4.69) is 10.6 Å². The van der Waals surface area contributed by atoms with Crippen molar-refractivity contribution in [3.8, 4) is 11.5 Å². The summed E-state index contributed by atoms with van der Waals surface area (Å²) in [5.74, 6) is -0.250. The lowest BCUT2D eigenvalue weighted by atomic mass is 10.0. The highest BCUT2D eigenvalue weighted by atomic mass is 32.2. The average molecular weight is 492 g/mol. The molecule has 0 unspecified atom stereocenters. The van der Waals surface area contributed by atoms with Gasteiger partial charge in [0.2, 0.25) is 15.9 Å². The molecule has 0 heterocycles.